The Labute approximate surface area is 232 Å². The van der Waals surface area contributed by atoms with Gasteiger partial charge in [-0.05, 0) is 40.5 Å². The summed E-state index contributed by atoms with van der Waals surface area (Å²) < 4.78 is 70.7. The third-order valence-electron chi connectivity index (χ3n) is 7.20. The summed E-state index contributed by atoms with van der Waals surface area (Å²) in [5, 5.41) is 22.0. The number of alkyl halides is 3. The quantitative estimate of drug-likeness (QED) is 0.328. The zero-order chi connectivity index (χ0) is 29.7. The van der Waals surface area contributed by atoms with Gasteiger partial charge in [0.05, 0.1) is 5.56 Å². The second-order valence-corrected chi connectivity index (χ2v) is 11.6. The first-order chi connectivity index (χ1) is 19.4. The molecule has 1 unspecified atom stereocenters. The van der Waals surface area contributed by atoms with Gasteiger partial charge in [-0.2, -0.15) is 17.5 Å². The van der Waals surface area contributed by atoms with Gasteiger partial charge in [0.1, 0.15) is 6.04 Å². The van der Waals surface area contributed by atoms with Gasteiger partial charge < -0.3 is 10.2 Å². The molecule has 5 rings (SSSR count). The molecule has 0 saturated heterocycles. The number of halogens is 3. The molecule has 2 N–H and O–H groups in total. The minimum Gasteiger partial charge on any atom is -0.503 e. The molecule has 41 heavy (non-hydrogen) atoms. The van der Waals surface area contributed by atoms with Gasteiger partial charge >= 0.3 is 12.1 Å². The van der Waals surface area contributed by atoms with E-state index in [9.17, 15) is 41.4 Å². The van der Waals surface area contributed by atoms with Crippen LogP contribution in [0.1, 0.15) is 36.1 Å². The van der Waals surface area contributed by atoms with Crippen LogP contribution in [-0.4, -0.2) is 46.6 Å². The molecule has 1 atom stereocenters. The molecular formula is C29H25F3N2O6S. The number of pyridine rings is 1. The summed E-state index contributed by atoms with van der Waals surface area (Å²) in [6, 6.07) is 14.6. The van der Waals surface area contributed by atoms with E-state index in [1.165, 1.54) is 6.07 Å². The Bertz CT molecular complexity index is 1840. The number of benzene rings is 3. The fraction of sp³-hybridized carbons (Fsp3) is 0.241. The molecule has 1 aromatic heterocycles. The van der Waals surface area contributed by atoms with Crippen LogP contribution in [0.15, 0.2) is 76.6 Å². The standard InChI is InChI=1S/C29H25F3N2O6S/c1-2-13-33-16-23(28(37)38)34-26(36)25(35)22(15-18-9-5-8-17-7-3-4-12-21(17)18)24(27(34)41(33,39)40)19-10-6-11-20(14-19)29(30,31)32/h3-12,14,23,35H,2,13,15-16H2,1H3,(H,37,38). The summed E-state index contributed by atoms with van der Waals surface area (Å²) in [5.74, 6) is -2.46. The number of aromatic hydroxyl groups is 1. The van der Waals surface area contributed by atoms with E-state index in [0.717, 1.165) is 33.3 Å². The fourth-order valence-electron chi connectivity index (χ4n) is 5.34. The molecule has 1 aliphatic rings. The minimum atomic E-state index is -4.78. The van der Waals surface area contributed by atoms with E-state index in [2.05, 4.69) is 0 Å². The molecular weight excluding hydrogens is 561 g/mol. The number of aromatic nitrogens is 1. The zero-order valence-corrected chi connectivity index (χ0v) is 22.5. The number of carboxylic acids is 1. The number of hydrogen-bond donors (Lipinski definition) is 2. The van der Waals surface area contributed by atoms with Crippen molar-refractivity contribution in [1.29, 1.82) is 0 Å². The number of carboxylic acid groups (broad SMARTS) is 1. The van der Waals surface area contributed by atoms with E-state index in [1.54, 1.807) is 31.2 Å². The number of rotatable bonds is 6. The van der Waals surface area contributed by atoms with Crippen LogP contribution in [0.25, 0.3) is 21.9 Å². The first-order valence-corrected chi connectivity index (χ1v) is 14.2. The number of hydrogen-bond acceptors (Lipinski definition) is 5. The summed E-state index contributed by atoms with van der Waals surface area (Å²) in [4.78, 5) is 25.8. The van der Waals surface area contributed by atoms with Crippen molar-refractivity contribution in [3.8, 4) is 16.9 Å². The van der Waals surface area contributed by atoms with Crippen LogP contribution in [-0.2, 0) is 27.4 Å². The highest BCUT2D eigenvalue weighted by Crippen LogP contribution is 2.42. The Morgan fingerprint density at radius 1 is 1.05 bits per heavy atom. The second-order valence-electron chi connectivity index (χ2n) is 9.79. The number of nitrogens with zero attached hydrogens (tertiary/aromatic N) is 2. The third kappa shape index (κ3) is 4.87. The van der Waals surface area contributed by atoms with Crippen LogP contribution in [0.4, 0.5) is 13.2 Å². The SMILES string of the molecule is CCCN1CC(C(=O)O)n2c(c(-c3cccc(C(F)(F)F)c3)c(Cc3cccc4ccccc34)c(O)c2=O)S1(=O)=O. The molecule has 2 heterocycles. The number of carbonyl (C=O) groups is 1. The van der Waals surface area contributed by atoms with Gasteiger partial charge in [-0.25, -0.2) is 13.2 Å². The first-order valence-electron chi connectivity index (χ1n) is 12.7. The summed E-state index contributed by atoms with van der Waals surface area (Å²) >= 11 is 0. The Morgan fingerprint density at radius 3 is 2.41 bits per heavy atom. The topological polar surface area (TPSA) is 117 Å². The maximum absolute atomic E-state index is 14.0. The van der Waals surface area contributed by atoms with Crippen molar-refractivity contribution in [3.05, 3.63) is 93.8 Å². The van der Waals surface area contributed by atoms with Gasteiger partial charge in [0, 0.05) is 30.6 Å². The molecule has 1 aliphatic heterocycles. The average molecular weight is 587 g/mol. The Kier molecular flexibility index (Phi) is 7.16. The van der Waals surface area contributed by atoms with E-state index in [1.807, 2.05) is 18.2 Å². The lowest BCUT2D eigenvalue weighted by molar-refractivity contribution is -0.141. The van der Waals surface area contributed by atoms with Crippen molar-refractivity contribution in [2.24, 2.45) is 0 Å². The maximum atomic E-state index is 14.0. The van der Waals surface area contributed by atoms with Crippen molar-refractivity contribution in [3.63, 3.8) is 0 Å². The van der Waals surface area contributed by atoms with Gasteiger partial charge in [0.15, 0.2) is 10.8 Å². The second kappa shape index (κ2) is 10.3. The first kappa shape index (κ1) is 28.4. The molecule has 8 nitrogen and oxygen atoms in total. The molecule has 12 heteroatoms. The lowest BCUT2D eigenvalue weighted by atomic mass is 9.92. The van der Waals surface area contributed by atoms with E-state index in [0.29, 0.717) is 16.6 Å². The number of aliphatic carboxylic acids is 1. The molecule has 3 aromatic carbocycles. The Morgan fingerprint density at radius 2 is 1.73 bits per heavy atom. The van der Waals surface area contributed by atoms with Crippen LogP contribution in [0.2, 0.25) is 0 Å². The van der Waals surface area contributed by atoms with Gasteiger partial charge in [-0.3, -0.25) is 9.36 Å². The Balaban J connectivity index is 1.92. The van der Waals surface area contributed by atoms with Crippen molar-refractivity contribution in [2.45, 2.75) is 37.0 Å². The lowest BCUT2D eigenvalue weighted by Crippen LogP contribution is -2.50. The highest BCUT2D eigenvalue weighted by molar-refractivity contribution is 7.89. The molecule has 0 saturated carbocycles. The highest BCUT2D eigenvalue weighted by atomic mass is 32.2. The average Bonchev–Trinajstić information content (AvgIpc) is 2.92. The smallest absolute Gasteiger partial charge is 0.416 e. The summed E-state index contributed by atoms with van der Waals surface area (Å²) in [5.41, 5.74) is -2.57. The summed E-state index contributed by atoms with van der Waals surface area (Å²) in [7, 11) is -4.59. The van der Waals surface area contributed by atoms with E-state index < -0.39 is 56.7 Å². The lowest BCUT2D eigenvalue weighted by Gasteiger charge is -2.35. The van der Waals surface area contributed by atoms with Gasteiger partial charge in [-0.15, -0.1) is 0 Å². The Hall–Kier alpha value is -4.16. The van der Waals surface area contributed by atoms with E-state index in [4.69, 9.17) is 0 Å². The predicted octanol–water partition coefficient (Wildman–Crippen LogP) is 5.02. The van der Waals surface area contributed by atoms with Gasteiger partial charge in [0.2, 0.25) is 0 Å². The summed E-state index contributed by atoms with van der Waals surface area (Å²) in [6.45, 7) is 1.02. The molecule has 0 radical (unpaired) electrons. The summed E-state index contributed by atoms with van der Waals surface area (Å²) in [6.07, 6.45) is -4.69. The molecule has 0 spiro atoms. The van der Waals surface area contributed by atoms with Crippen molar-refractivity contribution >= 4 is 26.8 Å². The molecule has 0 fully saturated rings. The van der Waals surface area contributed by atoms with Crippen LogP contribution >= 0.6 is 0 Å². The number of sulfonamides is 1. The normalized spacial score (nSPS) is 16.9. The van der Waals surface area contributed by atoms with Crippen LogP contribution in [0.3, 0.4) is 0 Å². The highest BCUT2D eigenvalue weighted by Gasteiger charge is 2.44. The molecule has 4 aromatic rings. The molecule has 0 amide bonds. The zero-order valence-electron chi connectivity index (χ0n) is 21.7. The fourth-order valence-corrected chi connectivity index (χ4v) is 7.30. The molecule has 0 aliphatic carbocycles. The van der Waals surface area contributed by atoms with Gasteiger partial charge in [0.25, 0.3) is 15.6 Å². The van der Waals surface area contributed by atoms with Crippen molar-refractivity contribution in [1.82, 2.24) is 8.87 Å². The van der Waals surface area contributed by atoms with Crippen molar-refractivity contribution < 1.29 is 36.6 Å². The maximum Gasteiger partial charge on any atom is 0.416 e. The largest absolute Gasteiger partial charge is 0.503 e. The van der Waals surface area contributed by atoms with Crippen LogP contribution in [0, 0.1) is 0 Å². The van der Waals surface area contributed by atoms with Crippen LogP contribution in [0.5, 0.6) is 5.75 Å². The predicted molar refractivity (Wildman–Crippen MR) is 145 cm³/mol. The van der Waals surface area contributed by atoms with Gasteiger partial charge in [-0.1, -0.05) is 61.5 Å². The molecule has 214 valence electrons. The van der Waals surface area contributed by atoms with Crippen molar-refractivity contribution in [2.75, 3.05) is 13.1 Å². The third-order valence-corrected chi connectivity index (χ3v) is 9.10. The minimum absolute atomic E-state index is 0.0815. The van der Waals surface area contributed by atoms with E-state index in [-0.39, 0.29) is 29.7 Å². The molecule has 0 bridgehead atoms. The monoisotopic (exact) mass is 586 g/mol. The van der Waals surface area contributed by atoms with Crippen LogP contribution < -0.4 is 5.56 Å². The van der Waals surface area contributed by atoms with E-state index >= 15 is 0 Å². The number of fused-ring (bicyclic) bond motifs is 2.